The Kier molecular flexibility index (Phi) is 5.09. The van der Waals surface area contributed by atoms with E-state index in [1.165, 1.54) is 6.42 Å². The molecule has 2 atom stereocenters. The van der Waals surface area contributed by atoms with Crippen molar-refractivity contribution in [2.24, 2.45) is 5.73 Å². The van der Waals surface area contributed by atoms with Crippen LogP contribution in [0.15, 0.2) is 18.2 Å². The number of likely N-dealkylation sites (N-methyl/N-ethyl adjacent to an activating group) is 1. The highest BCUT2D eigenvalue weighted by Gasteiger charge is 2.29. The van der Waals surface area contributed by atoms with Gasteiger partial charge in [-0.3, -0.25) is 4.90 Å². The lowest BCUT2D eigenvalue weighted by molar-refractivity contribution is 0.220. The topological polar surface area (TPSA) is 32.5 Å². The Hall–Kier alpha value is -0.320. The summed E-state index contributed by atoms with van der Waals surface area (Å²) in [7, 11) is 4.25. The average Bonchev–Trinajstić information content (AvgIpc) is 2.78. The third-order valence-electron chi connectivity index (χ3n) is 3.86. The van der Waals surface area contributed by atoms with Crippen molar-refractivity contribution in [3.05, 3.63) is 33.8 Å². The minimum Gasteiger partial charge on any atom is -0.329 e. The molecule has 2 unspecified atom stereocenters. The van der Waals surface area contributed by atoms with Crippen molar-refractivity contribution in [3.63, 3.8) is 0 Å². The molecule has 0 aromatic heterocycles. The standard InChI is InChI=1S/C14H21Cl2N3/c1-18(2)13-3-4-19(9-13)14(8-17)10-5-11(15)7-12(16)6-10/h5-7,13-14H,3-4,8-9,17H2,1-2H3. The van der Waals surface area contributed by atoms with E-state index in [4.69, 9.17) is 28.9 Å². The average molecular weight is 302 g/mol. The van der Waals surface area contributed by atoms with Crippen molar-refractivity contribution < 1.29 is 0 Å². The molecule has 1 aliphatic rings. The highest BCUT2D eigenvalue weighted by molar-refractivity contribution is 6.34. The minimum absolute atomic E-state index is 0.196. The predicted molar refractivity (Wildman–Crippen MR) is 81.9 cm³/mol. The maximum Gasteiger partial charge on any atom is 0.0472 e. The lowest BCUT2D eigenvalue weighted by atomic mass is 10.1. The van der Waals surface area contributed by atoms with Crippen LogP contribution < -0.4 is 5.73 Å². The second-order valence-electron chi connectivity index (χ2n) is 5.36. The number of benzene rings is 1. The van der Waals surface area contributed by atoms with Gasteiger partial charge in [-0.05, 0) is 44.3 Å². The molecule has 19 heavy (non-hydrogen) atoms. The Morgan fingerprint density at radius 3 is 2.42 bits per heavy atom. The summed E-state index contributed by atoms with van der Waals surface area (Å²) < 4.78 is 0. The molecule has 0 aliphatic carbocycles. The van der Waals surface area contributed by atoms with E-state index in [2.05, 4.69) is 23.9 Å². The van der Waals surface area contributed by atoms with Crippen LogP contribution in [0.1, 0.15) is 18.0 Å². The van der Waals surface area contributed by atoms with Gasteiger partial charge in [-0.2, -0.15) is 0 Å². The van der Waals surface area contributed by atoms with Crippen molar-refractivity contribution in [2.45, 2.75) is 18.5 Å². The van der Waals surface area contributed by atoms with Crippen LogP contribution in [0.4, 0.5) is 0 Å². The zero-order valence-electron chi connectivity index (χ0n) is 11.4. The van der Waals surface area contributed by atoms with Gasteiger partial charge in [0.15, 0.2) is 0 Å². The van der Waals surface area contributed by atoms with Crippen LogP contribution in [0.2, 0.25) is 10.0 Å². The minimum atomic E-state index is 0.196. The largest absolute Gasteiger partial charge is 0.329 e. The molecule has 1 aromatic carbocycles. The maximum atomic E-state index is 6.08. The number of likely N-dealkylation sites (tertiary alicyclic amines) is 1. The van der Waals surface area contributed by atoms with E-state index in [0.29, 0.717) is 22.6 Å². The quantitative estimate of drug-likeness (QED) is 0.928. The van der Waals surface area contributed by atoms with Gasteiger partial charge < -0.3 is 10.6 Å². The third kappa shape index (κ3) is 3.61. The van der Waals surface area contributed by atoms with Crippen molar-refractivity contribution in [1.82, 2.24) is 9.80 Å². The van der Waals surface area contributed by atoms with E-state index in [9.17, 15) is 0 Å². The second kappa shape index (κ2) is 6.42. The molecule has 0 amide bonds. The van der Waals surface area contributed by atoms with Crippen LogP contribution in [0, 0.1) is 0 Å². The van der Waals surface area contributed by atoms with E-state index in [1.54, 1.807) is 6.07 Å². The fraction of sp³-hybridized carbons (Fsp3) is 0.571. The number of halogens is 2. The molecule has 0 radical (unpaired) electrons. The summed E-state index contributed by atoms with van der Waals surface area (Å²) in [5.41, 5.74) is 7.08. The number of nitrogens with zero attached hydrogens (tertiary/aromatic N) is 2. The number of hydrogen-bond donors (Lipinski definition) is 1. The van der Waals surface area contributed by atoms with Gasteiger partial charge in [-0.15, -0.1) is 0 Å². The Morgan fingerprint density at radius 1 is 1.32 bits per heavy atom. The molecular weight excluding hydrogens is 281 g/mol. The van der Waals surface area contributed by atoms with E-state index in [0.717, 1.165) is 18.7 Å². The SMILES string of the molecule is CN(C)C1CCN(C(CN)c2cc(Cl)cc(Cl)c2)C1. The lowest BCUT2D eigenvalue weighted by Gasteiger charge is -2.28. The van der Waals surface area contributed by atoms with Crippen LogP contribution in [0.3, 0.4) is 0 Å². The Balaban J connectivity index is 2.16. The molecule has 0 saturated carbocycles. The Bertz CT molecular complexity index is 416. The van der Waals surface area contributed by atoms with E-state index in [-0.39, 0.29) is 6.04 Å². The van der Waals surface area contributed by atoms with Crippen LogP contribution in [0.5, 0.6) is 0 Å². The lowest BCUT2D eigenvalue weighted by Crippen LogP contribution is -2.36. The van der Waals surface area contributed by atoms with Gasteiger partial charge in [-0.25, -0.2) is 0 Å². The molecule has 1 fully saturated rings. The Labute approximate surface area is 125 Å². The van der Waals surface area contributed by atoms with Gasteiger partial charge >= 0.3 is 0 Å². The molecule has 0 bridgehead atoms. The number of rotatable bonds is 4. The van der Waals surface area contributed by atoms with Gasteiger partial charge in [-0.1, -0.05) is 23.2 Å². The first-order valence-electron chi connectivity index (χ1n) is 6.57. The number of nitrogens with two attached hydrogens (primary N) is 1. The van der Waals surface area contributed by atoms with E-state index < -0.39 is 0 Å². The van der Waals surface area contributed by atoms with Gasteiger partial charge in [0, 0.05) is 41.8 Å². The number of hydrogen-bond acceptors (Lipinski definition) is 3. The summed E-state index contributed by atoms with van der Waals surface area (Å²) in [4.78, 5) is 4.70. The summed E-state index contributed by atoms with van der Waals surface area (Å²) in [6, 6.07) is 6.49. The molecule has 1 saturated heterocycles. The van der Waals surface area contributed by atoms with Crippen molar-refractivity contribution in [2.75, 3.05) is 33.7 Å². The molecule has 2 rings (SSSR count). The van der Waals surface area contributed by atoms with Gasteiger partial charge in [0.05, 0.1) is 0 Å². The van der Waals surface area contributed by atoms with Crippen molar-refractivity contribution in [1.29, 1.82) is 0 Å². The van der Waals surface area contributed by atoms with Crippen LogP contribution in [-0.4, -0.2) is 49.6 Å². The molecule has 2 N–H and O–H groups in total. The molecule has 1 aliphatic heterocycles. The van der Waals surface area contributed by atoms with Gasteiger partial charge in [0.2, 0.25) is 0 Å². The first kappa shape index (κ1) is 15.1. The fourth-order valence-electron chi connectivity index (χ4n) is 2.74. The second-order valence-corrected chi connectivity index (χ2v) is 6.23. The molecule has 106 valence electrons. The maximum absolute atomic E-state index is 6.08. The first-order valence-corrected chi connectivity index (χ1v) is 7.33. The van der Waals surface area contributed by atoms with Gasteiger partial charge in [0.25, 0.3) is 0 Å². The highest BCUT2D eigenvalue weighted by Crippen LogP contribution is 2.29. The first-order chi connectivity index (χ1) is 9.01. The van der Waals surface area contributed by atoms with Crippen molar-refractivity contribution in [3.8, 4) is 0 Å². The molecule has 1 aromatic rings. The van der Waals surface area contributed by atoms with E-state index in [1.807, 2.05) is 12.1 Å². The molecular formula is C14H21Cl2N3. The predicted octanol–water partition coefficient (Wildman–Crippen LogP) is 2.63. The molecule has 3 nitrogen and oxygen atoms in total. The summed E-state index contributed by atoms with van der Waals surface area (Å²) in [5.74, 6) is 0. The summed E-state index contributed by atoms with van der Waals surface area (Å²) in [6.45, 7) is 2.69. The summed E-state index contributed by atoms with van der Waals surface area (Å²) >= 11 is 12.2. The smallest absolute Gasteiger partial charge is 0.0472 e. The van der Waals surface area contributed by atoms with Crippen LogP contribution >= 0.6 is 23.2 Å². The normalized spacial score (nSPS) is 22.1. The zero-order valence-corrected chi connectivity index (χ0v) is 13.0. The zero-order chi connectivity index (χ0) is 14.0. The molecule has 5 heteroatoms. The van der Waals surface area contributed by atoms with Crippen molar-refractivity contribution >= 4 is 23.2 Å². The highest BCUT2D eigenvalue weighted by atomic mass is 35.5. The monoisotopic (exact) mass is 301 g/mol. The van der Waals surface area contributed by atoms with Crippen LogP contribution in [-0.2, 0) is 0 Å². The molecule has 0 spiro atoms. The van der Waals surface area contributed by atoms with E-state index >= 15 is 0 Å². The van der Waals surface area contributed by atoms with Gasteiger partial charge in [0.1, 0.15) is 0 Å². The summed E-state index contributed by atoms with van der Waals surface area (Å²) in [6.07, 6.45) is 1.18. The fourth-order valence-corrected chi connectivity index (χ4v) is 3.28. The summed E-state index contributed by atoms with van der Waals surface area (Å²) in [5, 5.41) is 1.34. The Morgan fingerprint density at radius 2 is 1.95 bits per heavy atom. The molecule has 1 heterocycles. The third-order valence-corrected chi connectivity index (χ3v) is 4.30. The van der Waals surface area contributed by atoms with Crippen LogP contribution in [0.25, 0.3) is 0 Å².